The molecule has 10 aromatic rings. The van der Waals surface area contributed by atoms with Crippen LogP contribution in [0.3, 0.4) is 0 Å². The fraction of sp³-hybridized carbons (Fsp3) is 0.0444. The van der Waals surface area contributed by atoms with Gasteiger partial charge in [-0.15, -0.1) is 0 Å². The van der Waals surface area contributed by atoms with Crippen LogP contribution in [0.2, 0.25) is 0 Å². The van der Waals surface area contributed by atoms with Gasteiger partial charge in [0.1, 0.15) is 23.2 Å². The zero-order valence-electron chi connectivity index (χ0n) is 27.5. The van der Waals surface area contributed by atoms with Gasteiger partial charge in [0.2, 0.25) is 0 Å². The quantitative estimate of drug-likeness (QED) is 0.198. The molecule has 0 saturated carbocycles. The lowest BCUT2D eigenvalue weighted by atomic mass is 10.1. The van der Waals surface area contributed by atoms with Crippen LogP contribution >= 0.6 is 0 Å². The van der Waals surface area contributed by atoms with Crippen molar-refractivity contribution in [1.82, 2.24) is 19.8 Å². The van der Waals surface area contributed by atoms with E-state index in [2.05, 4.69) is 171 Å². The van der Waals surface area contributed by atoms with Crippen LogP contribution in [0.5, 0.6) is 0 Å². The van der Waals surface area contributed by atoms with Crippen molar-refractivity contribution in [2.24, 2.45) is 4.99 Å². The number of fused-ring (bicyclic) bond motifs is 11. The molecule has 0 bridgehead atoms. The number of nitrogens with zero attached hydrogens (tertiary/aromatic N) is 3. The van der Waals surface area contributed by atoms with Crippen molar-refractivity contribution in [3.05, 3.63) is 175 Å². The molecule has 51 heavy (non-hydrogen) atoms. The average Bonchev–Trinajstić information content (AvgIpc) is 3.86. The van der Waals surface area contributed by atoms with Crippen LogP contribution in [-0.2, 0) is 0 Å². The maximum absolute atomic E-state index is 6.68. The van der Waals surface area contributed by atoms with E-state index in [9.17, 15) is 0 Å². The van der Waals surface area contributed by atoms with Crippen molar-refractivity contribution in [3.8, 4) is 5.69 Å². The SMILES string of the molecule is c1ccc(C2=NC(n3c4ccccc4c4c5c(ccc43)c3c4oc6ccccc6c4ccc3n5-c3ccccc3)NC(c3ccccc3)N2)cc1. The molecule has 2 N–H and O–H groups in total. The molecule has 1 aliphatic rings. The zero-order chi connectivity index (χ0) is 33.5. The molecule has 7 aromatic carbocycles. The van der Waals surface area contributed by atoms with E-state index >= 15 is 0 Å². The normalized spacial score (nSPS) is 16.4. The molecule has 4 heterocycles. The Morgan fingerprint density at radius 3 is 2.02 bits per heavy atom. The summed E-state index contributed by atoms with van der Waals surface area (Å²) in [5.41, 5.74) is 9.59. The zero-order valence-corrected chi connectivity index (χ0v) is 27.5. The second kappa shape index (κ2) is 10.9. The van der Waals surface area contributed by atoms with Gasteiger partial charge < -0.3 is 18.9 Å². The van der Waals surface area contributed by atoms with Gasteiger partial charge in [-0.3, -0.25) is 5.32 Å². The van der Waals surface area contributed by atoms with Gasteiger partial charge in [0.15, 0.2) is 6.29 Å². The Balaban J connectivity index is 1.25. The average molecular weight is 658 g/mol. The third kappa shape index (κ3) is 4.17. The highest BCUT2D eigenvalue weighted by molar-refractivity contribution is 6.30. The third-order valence-electron chi connectivity index (χ3n) is 10.4. The highest BCUT2D eigenvalue weighted by atomic mass is 16.3. The van der Waals surface area contributed by atoms with Crippen molar-refractivity contribution >= 4 is 71.4 Å². The van der Waals surface area contributed by atoms with E-state index in [1.54, 1.807) is 0 Å². The number of benzene rings is 7. The summed E-state index contributed by atoms with van der Waals surface area (Å²) >= 11 is 0. The second-order valence-electron chi connectivity index (χ2n) is 13.2. The summed E-state index contributed by atoms with van der Waals surface area (Å²) in [6.45, 7) is 0. The van der Waals surface area contributed by atoms with E-state index in [0.717, 1.165) is 77.4 Å². The first kappa shape index (κ1) is 28.2. The Labute approximate surface area is 292 Å². The van der Waals surface area contributed by atoms with Crippen LogP contribution in [0.15, 0.2) is 173 Å². The molecule has 0 aliphatic carbocycles. The molecule has 0 amide bonds. The first-order chi connectivity index (χ1) is 25.3. The van der Waals surface area contributed by atoms with Crippen LogP contribution in [0, 0.1) is 0 Å². The summed E-state index contributed by atoms with van der Waals surface area (Å²) in [6.07, 6.45) is -0.538. The molecule has 242 valence electrons. The van der Waals surface area contributed by atoms with Crippen molar-refractivity contribution in [1.29, 1.82) is 0 Å². The Hall–Kier alpha value is -6.63. The predicted molar refractivity (Wildman–Crippen MR) is 209 cm³/mol. The maximum atomic E-state index is 6.68. The molecule has 11 rings (SSSR count). The lowest BCUT2D eigenvalue weighted by Gasteiger charge is -2.33. The van der Waals surface area contributed by atoms with Gasteiger partial charge >= 0.3 is 0 Å². The minimum Gasteiger partial charge on any atom is -0.455 e. The lowest BCUT2D eigenvalue weighted by molar-refractivity contribution is 0.341. The summed E-state index contributed by atoms with van der Waals surface area (Å²) in [5, 5.41) is 14.4. The van der Waals surface area contributed by atoms with E-state index < -0.39 is 0 Å². The highest BCUT2D eigenvalue weighted by Crippen LogP contribution is 2.45. The number of amidine groups is 1. The van der Waals surface area contributed by atoms with Crippen LogP contribution in [-0.4, -0.2) is 15.0 Å². The van der Waals surface area contributed by atoms with E-state index in [0.29, 0.717) is 0 Å². The standard InChI is InChI=1S/C45H31N5O/c1-4-14-28(15-5-1)43-46-44(29-16-6-2-7-17-29)48-45(47-43)50-35-22-12-10-21-33(35)39-36(50)27-25-34-40-37(49(41(34)39)30-18-8-3-9-19-30)26-24-32-31-20-11-13-23-38(31)51-42(32)40/h1-27,43,45,47H,(H,46,48). The van der Waals surface area contributed by atoms with Gasteiger partial charge in [0.05, 0.1) is 27.5 Å². The smallest absolute Gasteiger partial charge is 0.184 e. The fourth-order valence-corrected chi connectivity index (χ4v) is 8.20. The molecule has 6 nitrogen and oxygen atoms in total. The molecular formula is C45H31N5O. The molecule has 0 fully saturated rings. The molecule has 2 atom stereocenters. The van der Waals surface area contributed by atoms with Gasteiger partial charge in [-0.25, -0.2) is 4.99 Å². The first-order valence-corrected chi connectivity index (χ1v) is 17.4. The van der Waals surface area contributed by atoms with Crippen LogP contribution < -0.4 is 10.6 Å². The van der Waals surface area contributed by atoms with Gasteiger partial charge in [0, 0.05) is 38.2 Å². The minimum absolute atomic E-state index is 0.152. The molecule has 3 aromatic heterocycles. The Bertz CT molecular complexity index is 2970. The maximum Gasteiger partial charge on any atom is 0.184 e. The van der Waals surface area contributed by atoms with Gasteiger partial charge in [-0.2, -0.15) is 0 Å². The largest absolute Gasteiger partial charge is 0.455 e. The number of nitrogens with one attached hydrogen (secondary N) is 2. The monoisotopic (exact) mass is 657 g/mol. The minimum atomic E-state index is -0.386. The molecule has 0 radical (unpaired) electrons. The number of rotatable bonds is 4. The highest BCUT2D eigenvalue weighted by Gasteiger charge is 2.29. The third-order valence-corrected chi connectivity index (χ3v) is 10.4. The summed E-state index contributed by atoms with van der Waals surface area (Å²) < 4.78 is 11.5. The van der Waals surface area contributed by atoms with Gasteiger partial charge in [0.25, 0.3) is 0 Å². The van der Waals surface area contributed by atoms with Crippen LogP contribution in [0.1, 0.15) is 23.6 Å². The number of furan rings is 1. The molecule has 0 saturated heterocycles. The number of para-hydroxylation sites is 3. The topological polar surface area (TPSA) is 59.4 Å². The Morgan fingerprint density at radius 2 is 1.20 bits per heavy atom. The Morgan fingerprint density at radius 1 is 0.529 bits per heavy atom. The van der Waals surface area contributed by atoms with Crippen molar-refractivity contribution in [3.63, 3.8) is 0 Å². The summed E-state index contributed by atoms with van der Waals surface area (Å²) in [4.78, 5) is 5.37. The van der Waals surface area contributed by atoms with Crippen molar-refractivity contribution < 1.29 is 4.42 Å². The lowest BCUT2D eigenvalue weighted by Crippen LogP contribution is -2.46. The molecule has 2 unspecified atom stereocenters. The summed E-state index contributed by atoms with van der Waals surface area (Å²) in [5.74, 6) is 0.853. The van der Waals surface area contributed by atoms with E-state index in [-0.39, 0.29) is 12.5 Å². The van der Waals surface area contributed by atoms with Crippen LogP contribution in [0.25, 0.3) is 71.2 Å². The number of hydrogen-bond donors (Lipinski definition) is 2. The van der Waals surface area contributed by atoms with Gasteiger partial charge in [-0.05, 0) is 54.1 Å². The molecular weight excluding hydrogens is 627 g/mol. The molecule has 1 aliphatic heterocycles. The van der Waals surface area contributed by atoms with Crippen LogP contribution in [0.4, 0.5) is 0 Å². The first-order valence-electron chi connectivity index (χ1n) is 17.4. The fourth-order valence-electron chi connectivity index (χ4n) is 8.20. The van der Waals surface area contributed by atoms with Crippen molar-refractivity contribution in [2.75, 3.05) is 0 Å². The Kier molecular flexibility index (Phi) is 6.05. The molecule has 6 heteroatoms. The van der Waals surface area contributed by atoms with E-state index in [1.807, 2.05) is 12.1 Å². The second-order valence-corrected chi connectivity index (χ2v) is 13.2. The van der Waals surface area contributed by atoms with Gasteiger partial charge in [-0.1, -0.05) is 115 Å². The number of aromatic nitrogens is 2. The van der Waals surface area contributed by atoms with E-state index in [1.165, 1.54) is 10.8 Å². The number of aliphatic imine (C=N–C) groups is 1. The number of hydrogen-bond acceptors (Lipinski definition) is 4. The summed E-state index contributed by atoms with van der Waals surface area (Å²) in [6, 6.07) is 57.7. The van der Waals surface area contributed by atoms with Crippen molar-refractivity contribution in [2.45, 2.75) is 12.5 Å². The van der Waals surface area contributed by atoms with E-state index in [4.69, 9.17) is 9.41 Å². The summed E-state index contributed by atoms with van der Waals surface area (Å²) in [7, 11) is 0. The predicted octanol–water partition coefficient (Wildman–Crippen LogP) is 10.6. The molecule has 0 spiro atoms.